The molecular weight excluding hydrogens is 200 g/mol. The van der Waals surface area contributed by atoms with Gasteiger partial charge < -0.3 is 4.74 Å². The SMILES string of the molecule is C#CCOCC(=O)c1cccc(Cl)c1. The monoisotopic (exact) mass is 208 g/mol. The summed E-state index contributed by atoms with van der Waals surface area (Å²) >= 11 is 5.72. The topological polar surface area (TPSA) is 26.3 Å². The molecule has 0 amide bonds. The van der Waals surface area contributed by atoms with Crippen molar-refractivity contribution in [2.75, 3.05) is 13.2 Å². The lowest BCUT2D eigenvalue weighted by Gasteiger charge is -2.00. The summed E-state index contributed by atoms with van der Waals surface area (Å²) in [7, 11) is 0. The van der Waals surface area contributed by atoms with Crippen LogP contribution in [0.25, 0.3) is 0 Å². The molecule has 14 heavy (non-hydrogen) atoms. The van der Waals surface area contributed by atoms with Crippen molar-refractivity contribution >= 4 is 17.4 Å². The Labute approximate surface area is 87.8 Å². The minimum Gasteiger partial charge on any atom is -0.361 e. The van der Waals surface area contributed by atoms with Crippen molar-refractivity contribution in [1.29, 1.82) is 0 Å². The molecule has 3 heteroatoms. The molecule has 0 radical (unpaired) electrons. The summed E-state index contributed by atoms with van der Waals surface area (Å²) in [4.78, 5) is 11.4. The summed E-state index contributed by atoms with van der Waals surface area (Å²) in [6, 6.07) is 6.72. The van der Waals surface area contributed by atoms with Crippen LogP contribution in [0, 0.1) is 12.3 Å². The van der Waals surface area contributed by atoms with Crippen LogP contribution < -0.4 is 0 Å². The van der Waals surface area contributed by atoms with Gasteiger partial charge in [0.15, 0.2) is 5.78 Å². The molecule has 0 aromatic heterocycles. The van der Waals surface area contributed by atoms with E-state index >= 15 is 0 Å². The number of terminal acetylenes is 1. The molecule has 1 aromatic carbocycles. The maximum Gasteiger partial charge on any atom is 0.188 e. The molecule has 0 unspecified atom stereocenters. The fraction of sp³-hybridized carbons (Fsp3) is 0.182. The number of carbonyl (C=O) groups is 1. The lowest BCUT2D eigenvalue weighted by Crippen LogP contribution is -2.09. The molecule has 1 aromatic rings. The Morgan fingerprint density at radius 1 is 1.57 bits per heavy atom. The van der Waals surface area contributed by atoms with Gasteiger partial charge in [0.1, 0.15) is 13.2 Å². The first-order valence-electron chi connectivity index (χ1n) is 4.04. The Hall–Kier alpha value is -1.30. The number of halogens is 1. The summed E-state index contributed by atoms with van der Waals surface area (Å²) in [5.74, 6) is 2.16. The van der Waals surface area contributed by atoms with Crippen molar-refractivity contribution in [1.82, 2.24) is 0 Å². The van der Waals surface area contributed by atoms with E-state index in [9.17, 15) is 4.79 Å². The fourth-order valence-corrected chi connectivity index (χ4v) is 1.14. The molecule has 0 fully saturated rings. The number of rotatable bonds is 4. The number of ketones is 1. The number of ether oxygens (including phenoxy) is 1. The van der Waals surface area contributed by atoms with Gasteiger partial charge in [-0.25, -0.2) is 0 Å². The van der Waals surface area contributed by atoms with Crippen molar-refractivity contribution in [2.24, 2.45) is 0 Å². The van der Waals surface area contributed by atoms with E-state index in [4.69, 9.17) is 22.8 Å². The highest BCUT2D eigenvalue weighted by molar-refractivity contribution is 6.31. The number of Topliss-reactive ketones (excluding diaryl/α,β-unsaturated/α-hetero) is 1. The molecule has 0 spiro atoms. The van der Waals surface area contributed by atoms with Crippen LogP contribution >= 0.6 is 11.6 Å². The molecule has 0 bridgehead atoms. The Bertz CT molecular complexity index is 366. The second-order valence-corrected chi connectivity index (χ2v) is 3.07. The molecule has 0 heterocycles. The summed E-state index contributed by atoms with van der Waals surface area (Å²) in [5, 5.41) is 0.535. The largest absolute Gasteiger partial charge is 0.361 e. The van der Waals surface area contributed by atoms with Gasteiger partial charge >= 0.3 is 0 Å². The number of carbonyl (C=O) groups excluding carboxylic acids is 1. The highest BCUT2D eigenvalue weighted by Crippen LogP contribution is 2.11. The van der Waals surface area contributed by atoms with Crippen LogP contribution in [0.1, 0.15) is 10.4 Å². The Kier molecular flexibility index (Phi) is 4.18. The summed E-state index contributed by atoms with van der Waals surface area (Å²) < 4.78 is 4.91. The Morgan fingerprint density at radius 3 is 3.00 bits per heavy atom. The van der Waals surface area contributed by atoms with Gasteiger partial charge in [-0.2, -0.15) is 0 Å². The first-order valence-corrected chi connectivity index (χ1v) is 4.42. The van der Waals surface area contributed by atoms with Gasteiger partial charge in [0.2, 0.25) is 0 Å². The van der Waals surface area contributed by atoms with Crippen molar-refractivity contribution in [2.45, 2.75) is 0 Å². The highest BCUT2D eigenvalue weighted by Gasteiger charge is 2.05. The predicted molar refractivity (Wildman–Crippen MR) is 55.4 cm³/mol. The van der Waals surface area contributed by atoms with E-state index in [1.807, 2.05) is 0 Å². The molecule has 0 atom stereocenters. The number of hydrogen-bond acceptors (Lipinski definition) is 2. The van der Waals surface area contributed by atoms with Gasteiger partial charge in [-0.1, -0.05) is 29.7 Å². The van der Waals surface area contributed by atoms with Crippen molar-refractivity contribution in [3.05, 3.63) is 34.9 Å². The smallest absolute Gasteiger partial charge is 0.188 e. The van der Waals surface area contributed by atoms with E-state index < -0.39 is 0 Å². The third-order valence-electron chi connectivity index (χ3n) is 1.57. The molecule has 2 nitrogen and oxygen atoms in total. The molecule has 0 N–H and O–H groups in total. The van der Waals surface area contributed by atoms with E-state index in [2.05, 4.69) is 5.92 Å². The molecule has 1 rings (SSSR count). The van der Waals surface area contributed by atoms with E-state index in [0.29, 0.717) is 10.6 Å². The van der Waals surface area contributed by atoms with Crippen LogP contribution in [0.15, 0.2) is 24.3 Å². The minimum atomic E-state index is -0.122. The molecule has 0 aliphatic rings. The summed E-state index contributed by atoms with van der Waals surface area (Å²) in [6.07, 6.45) is 4.97. The minimum absolute atomic E-state index is 0.00938. The molecule has 0 aliphatic carbocycles. The van der Waals surface area contributed by atoms with E-state index in [-0.39, 0.29) is 19.0 Å². The molecular formula is C11H9ClO2. The van der Waals surface area contributed by atoms with E-state index in [1.54, 1.807) is 24.3 Å². The van der Waals surface area contributed by atoms with Gasteiger partial charge in [-0.05, 0) is 12.1 Å². The molecule has 72 valence electrons. The zero-order valence-electron chi connectivity index (χ0n) is 7.50. The van der Waals surface area contributed by atoms with Gasteiger partial charge in [0.25, 0.3) is 0 Å². The normalized spacial score (nSPS) is 9.43. The predicted octanol–water partition coefficient (Wildman–Crippen LogP) is 2.17. The summed E-state index contributed by atoms with van der Waals surface area (Å²) in [5.41, 5.74) is 0.537. The van der Waals surface area contributed by atoms with Crippen LogP contribution in [-0.2, 0) is 4.74 Å². The average Bonchev–Trinajstić information content (AvgIpc) is 2.18. The quantitative estimate of drug-likeness (QED) is 0.431. The van der Waals surface area contributed by atoms with Crippen molar-refractivity contribution < 1.29 is 9.53 Å². The lowest BCUT2D eigenvalue weighted by molar-refractivity contribution is 0.0812. The zero-order valence-corrected chi connectivity index (χ0v) is 8.25. The third kappa shape index (κ3) is 3.21. The van der Waals surface area contributed by atoms with Gasteiger partial charge in [0, 0.05) is 10.6 Å². The maximum absolute atomic E-state index is 11.4. The summed E-state index contributed by atoms with van der Waals surface area (Å²) in [6.45, 7) is 0.136. The van der Waals surface area contributed by atoms with Gasteiger partial charge in [0.05, 0.1) is 0 Å². The fourth-order valence-electron chi connectivity index (χ4n) is 0.948. The first-order chi connectivity index (χ1) is 6.74. The zero-order chi connectivity index (χ0) is 10.4. The van der Waals surface area contributed by atoms with Crippen LogP contribution in [0.2, 0.25) is 5.02 Å². The first kappa shape index (κ1) is 10.8. The number of hydrogen-bond donors (Lipinski definition) is 0. The van der Waals surface area contributed by atoms with Crippen LogP contribution in [0.4, 0.5) is 0 Å². The van der Waals surface area contributed by atoms with Crippen LogP contribution in [0.5, 0.6) is 0 Å². The molecule has 0 aliphatic heterocycles. The Morgan fingerprint density at radius 2 is 2.36 bits per heavy atom. The van der Waals surface area contributed by atoms with Crippen LogP contribution in [-0.4, -0.2) is 19.0 Å². The highest BCUT2D eigenvalue weighted by atomic mass is 35.5. The van der Waals surface area contributed by atoms with Crippen molar-refractivity contribution in [3.8, 4) is 12.3 Å². The molecule has 0 saturated heterocycles. The maximum atomic E-state index is 11.4. The second-order valence-electron chi connectivity index (χ2n) is 2.63. The second kappa shape index (κ2) is 5.43. The van der Waals surface area contributed by atoms with Crippen molar-refractivity contribution in [3.63, 3.8) is 0 Å². The molecule has 0 saturated carbocycles. The Balaban J connectivity index is 2.57. The lowest BCUT2D eigenvalue weighted by atomic mass is 10.1. The van der Waals surface area contributed by atoms with Crippen LogP contribution in [0.3, 0.4) is 0 Å². The van der Waals surface area contributed by atoms with Gasteiger partial charge in [-0.15, -0.1) is 6.42 Å². The number of benzene rings is 1. The third-order valence-corrected chi connectivity index (χ3v) is 1.80. The average molecular weight is 209 g/mol. The standard InChI is InChI=1S/C11H9ClO2/c1-2-6-14-8-11(13)9-4-3-5-10(12)7-9/h1,3-5,7H,6,8H2. The van der Waals surface area contributed by atoms with E-state index in [0.717, 1.165) is 0 Å². The van der Waals surface area contributed by atoms with Gasteiger partial charge in [-0.3, -0.25) is 4.79 Å². The van der Waals surface area contributed by atoms with E-state index in [1.165, 1.54) is 0 Å².